The summed E-state index contributed by atoms with van der Waals surface area (Å²) in [6, 6.07) is 9.87. The van der Waals surface area contributed by atoms with Crippen molar-refractivity contribution < 1.29 is 24.3 Å². The van der Waals surface area contributed by atoms with Gasteiger partial charge in [-0.05, 0) is 68.0 Å². The molecule has 2 aromatic heterocycles. The molecular weight excluding hydrogens is 544 g/mol. The molecule has 0 saturated carbocycles. The van der Waals surface area contributed by atoms with Crippen molar-refractivity contribution in [1.82, 2.24) is 25.7 Å². The third-order valence-corrected chi connectivity index (χ3v) is 7.78. The van der Waals surface area contributed by atoms with Gasteiger partial charge >= 0.3 is 6.03 Å². The van der Waals surface area contributed by atoms with E-state index in [1.807, 2.05) is 52.0 Å². The van der Waals surface area contributed by atoms with Gasteiger partial charge in [0.05, 0.1) is 5.41 Å². The second-order valence-corrected chi connectivity index (χ2v) is 11.6. The number of hydroxylamine groups is 1. The Morgan fingerprint density at radius 2 is 1.88 bits per heavy atom. The van der Waals surface area contributed by atoms with E-state index in [-0.39, 0.29) is 18.4 Å². The molecule has 1 aromatic carbocycles. The highest BCUT2D eigenvalue weighted by molar-refractivity contribution is 7.13. The lowest BCUT2D eigenvalue weighted by Gasteiger charge is -2.32. The number of nitrogens with zero attached hydrogens (tertiary/aromatic N) is 3. The van der Waals surface area contributed by atoms with Crippen molar-refractivity contribution in [1.29, 1.82) is 0 Å². The highest BCUT2D eigenvalue weighted by atomic mass is 32.1. The summed E-state index contributed by atoms with van der Waals surface area (Å²) in [6.45, 7) is 8.43. The van der Waals surface area contributed by atoms with Crippen molar-refractivity contribution in [2.24, 2.45) is 5.92 Å². The summed E-state index contributed by atoms with van der Waals surface area (Å²) in [5.74, 6) is -0.197. The van der Waals surface area contributed by atoms with Crippen LogP contribution in [0.25, 0.3) is 0 Å². The van der Waals surface area contributed by atoms with E-state index in [0.29, 0.717) is 42.4 Å². The van der Waals surface area contributed by atoms with Crippen LogP contribution >= 0.6 is 11.3 Å². The number of ether oxygens (including phenoxy) is 1. The van der Waals surface area contributed by atoms with Crippen molar-refractivity contribution in [2.45, 2.75) is 58.6 Å². The van der Waals surface area contributed by atoms with Crippen molar-refractivity contribution in [3.05, 3.63) is 70.5 Å². The van der Waals surface area contributed by atoms with Gasteiger partial charge in [0, 0.05) is 36.1 Å². The second kappa shape index (κ2) is 13.1. The van der Waals surface area contributed by atoms with E-state index in [0.717, 1.165) is 17.0 Å². The van der Waals surface area contributed by atoms with Crippen LogP contribution in [-0.2, 0) is 21.6 Å². The molecule has 4 N–H and O–H groups in total. The van der Waals surface area contributed by atoms with Crippen LogP contribution in [0, 0.1) is 19.8 Å². The van der Waals surface area contributed by atoms with Crippen LogP contribution in [0.1, 0.15) is 49.2 Å². The summed E-state index contributed by atoms with van der Waals surface area (Å²) >= 11 is 1.28. The standard InChI is InChI=1S/C29H36N6O5S/c1-18(2)13-24(25(36)34-39)35-11-9-29(26(35)37,17-31-27(38)33-28-30-10-12-41-28)22-5-7-23(8-6-22)40-16-21-14-19(3)32-20(4)15-21/h5-8,10,12,14-15,18,24,39H,9,11,13,16-17H2,1-4H3,(H,34,36)(H2,30,31,33,38)/t24-,29?/m1/s1. The molecule has 12 heteroatoms. The summed E-state index contributed by atoms with van der Waals surface area (Å²) in [5, 5.41) is 17.1. The topological polar surface area (TPSA) is 146 Å². The van der Waals surface area contributed by atoms with Crippen molar-refractivity contribution in [2.75, 3.05) is 18.4 Å². The number of benzene rings is 1. The SMILES string of the molecule is Cc1cc(COc2ccc(C3(CNC(=O)Nc4nccs4)CCN([C@H](CC(C)C)C(=O)NO)C3=O)cc2)cc(C)n1. The number of urea groups is 1. The molecular formula is C29H36N6O5S. The predicted molar refractivity (Wildman–Crippen MR) is 155 cm³/mol. The van der Waals surface area contributed by atoms with E-state index in [2.05, 4.69) is 20.6 Å². The van der Waals surface area contributed by atoms with Gasteiger partial charge in [0.1, 0.15) is 18.4 Å². The van der Waals surface area contributed by atoms with E-state index < -0.39 is 23.4 Å². The van der Waals surface area contributed by atoms with Crippen molar-refractivity contribution in [3.8, 4) is 5.75 Å². The van der Waals surface area contributed by atoms with Gasteiger partial charge in [0.2, 0.25) is 5.91 Å². The molecule has 3 heterocycles. The van der Waals surface area contributed by atoms with Crippen LogP contribution in [0.5, 0.6) is 5.75 Å². The lowest BCUT2D eigenvalue weighted by molar-refractivity contribution is -0.144. The first kappa shape index (κ1) is 29.9. The van der Waals surface area contributed by atoms with E-state index in [1.54, 1.807) is 29.2 Å². The number of pyridine rings is 1. The molecule has 218 valence electrons. The number of hydrogen-bond acceptors (Lipinski definition) is 8. The van der Waals surface area contributed by atoms with Gasteiger partial charge in [0.15, 0.2) is 5.13 Å². The Hall–Kier alpha value is -4.03. The molecule has 3 aromatic rings. The minimum Gasteiger partial charge on any atom is -0.489 e. The van der Waals surface area contributed by atoms with Crippen LogP contribution in [0.2, 0.25) is 0 Å². The molecule has 4 amide bonds. The van der Waals surface area contributed by atoms with E-state index in [9.17, 15) is 19.6 Å². The van der Waals surface area contributed by atoms with E-state index >= 15 is 0 Å². The van der Waals surface area contributed by atoms with Gasteiger partial charge < -0.3 is 15.0 Å². The van der Waals surface area contributed by atoms with Crippen molar-refractivity contribution >= 4 is 34.3 Å². The first-order valence-electron chi connectivity index (χ1n) is 13.5. The molecule has 0 spiro atoms. The molecule has 0 bridgehead atoms. The molecule has 2 atom stereocenters. The summed E-state index contributed by atoms with van der Waals surface area (Å²) in [6.07, 6.45) is 2.33. The number of anilines is 1. The van der Waals surface area contributed by atoms with Crippen LogP contribution in [0.15, 0.2) is 48.0 Å². The van der Waals surface area contributed by atoms with Crippen LogP contribution in [0.4, 0.5) is 9.93 Å². The molecule has 11 nitrogen and oxygen atoms in total. The fraction of sp³-hybridized carbons (Fsp3) is 0.414. The number of aryl methyl sites for hydroxylation is 2. The quantitative estimate of drug-likeness (QED) is 0.198. The Morgan fingerprint density at radius 1 is 1.17 bits per heavy atom. The van der Waals surface area contributed by atoms with Gasteiger partial charge in [-0.25, -0.2) is 15.3 Å². The zero-order valence-corrected chi connectivity index (χ0v) is 24.5. The number of likely N-dealkylation sites (tertiary alicyclic amines) is 1. The number of aromatic nitrogens is 2. The zero-order valence-electron chi connectivity index (χ0n) is 23.6. The average Bonchev–Trinajstić information content (AvgIpc) is 3.56. The third kappa shape index (κ3) is 7.19. The van der Waals surface area contributed by atoms with Gasteiger partial charge in [-0.2, -0.15) is 0 Å². The van der Waals surface area contributed by atoms with E-state index in [1.165, 1.54) is 16.2 Å². The third-order valence-electron chi connectivity index (χ3n) is 7.09. The first-order valence-corrected chi connectivity index (χ1v) is 14.4. The number of nitrogens with one attached hydrogen (secondary N) is 3. The Morgan fingerprint density at radius 3 is 2.49 bits per heavy atom. The van der Waals surface area contributed by atoms with Gasteiger partial charge in [-0.1, -0.05) is 26.0 Å². The number of thiazole rings is 1. The fourth-order valence-electron chi connectivity index (χ4n) is 5.22. The van der Waals surface area contributed by atoms with Crippen LogP contribution < -0.4 is 20.9 Å². The maximum Gasteiger partial charge on any atom is 0.321 e. The minimum atomic E-state index is -1.12. The number of hydrogen-bond donors (Lipinski definition) is 4. The highest BCUT2D eigenvalue weighted by Crippen LogP contribution is 2.38. The number of rotatable bonds is 11. The number of carbonyl (C=O) groups is 3. The largest absolute Gasteiger partial charge is 0.489 e. The molecule has 1 unspecified atom stereocenters. The summed E-state index contributed by atoms with van der Waals surface area (Å²) in [5.41, 5.74) is 4.12. The van der Waals surface area contributed by atoms with Gasteiger partial charge in [0.25, 0.3) is 5.91 Å². The number of amides is 4. The highest BCUT2D eigenvalue weighted by Gasteiger charge is 2.51. The Kier molecular flexibility index (Phi) is 9.56. The molecule has 0 aliphatic carbocycles. The number of carbonyl (C=O) groups excluding carboxylic acids is 3. The summed E-state index contributed by atoms with van der Waals surface area (Å²) < 4.78 is 6.00. The van der Waals surface area contributed by atoms with Crippen LogP contribution in [0.3, 0.4) is 0 Å². The molecule has 1 saturated heterocycles. The van der Waals surface area contributed by atoms with Crippen LogP contribution in [-0.4, -0.2) is 57.1 Å². The van der Waals surface area contributed by atoms with Crippen molar-refractivity contribution in [3.63, 3.8) is 0 Å². The van der Waals surface area contributed by atoms with E-state index in [4.69, 9.17) is 4.74 Å². The molecule has 4 rings (SSSR count). The lowest BCUT2D eigenvalue weighted by atomic mass is 9.78. The average molecular weight is 581 g/mol. The van der Waals surface area contributed by atoms with Gasteiger partial charge in [-0.3, -0.25) is 25.1 Å². The maximum absolute atomic E-state index is 14.1. The molecule has 41 heavy (non-hydrogen) atoms. The van der Waals surface area contributed by atoms with Gasteiger partial charge in [-0.15, -0.1) is 11.3 Å². The zero-order chi connectivity index (χ0) is 29.6. The summed E-state index contributed by atoms with van der Waals surface area (Å²) in [4.78, 5) is 49.3. The molecule has 0 radical (unpaired) electrons. The molecule has 1 aliphatic rings. The lowest BCUT2D eigenvalue weighted by Crippen LogP contribution is -2.52. The first-order chi connectivity index (χ1) is 19.6. The fourth-order valence-corrected chi connectivity index (χ4v) is 5.75. The maximum atomic E-state index is 14.1. The smallest absolute Gasteiger partial charge is 0.321 e. The Balaban J connectivity index is 1.57. The Bertz CT molecular complexity index is 1340. The Labute approximate surface area is 243 Å². The molecule has 1 fully saturated rings. The normalized spacial score (nSPS) is 17.4. The molecule has 1 aliphatic heterocycles. The minimum absolute atomic E-state index is 0.00442. The second-order valence-electron chi connectivity index (χ2n) is 10.7. The monoisotopic (exact) mass is 580 g/mol. The summed E-state index contributed by atoms with van der Waals surface area (Å²) in [7, 11) is 0. The predicted octanol–water partition coefficient (Wildman–Crippen LogP) is 3.95.